The second-order valence-electron chi connectivity index (χ2n) is 4.97. The summed E-state index contributed by atoms with van der Waals surface area (Å²) >= 11 is 6.59. The van der Waals surface area contributed by atoms with Gasteiger partial charge in [0, 0.05) is 0 Å². The van der Waals surface area contributed by atoms with Gasteiger partial charge in [0.05, 0.1) is 23.3 Å². The van der Waals surface area contributed by atoms with Crippen LogP contribution >= 0.6 is 24.0 Å². The molecule has 1 aliphatic rings. The standard InChI is InChI=1S/C18H13NO3S2/c1-22-17(21)13-9-7-12(8-10-13)11-15-16(20)19(18(23)24-15)14-5-3-2-4-6-14/h2-11H,1H3/b15-11-. The normalized spacial score (nSPS) is 15.9. The minimum Gasteiger partial charge on any atom is -0.465 e. The molecule has 1 aliphatic heterocycles. The van der Waals surface area contributed by atoms with Crippen LogP contribution in [0.3, 0.4) is 0 Å². The van der Waals surface area contributed by atoms with Crippen molar-refractivity contribution >= 4 is 51.9 Å². The highest BCUT2D eigenvalue weighted by Crippen LogP contribution is 2.35. The summed E-state index contributed by atoms with van der Waals surface area (Å²) in [6.45, 7) is 0. The molecule has 0 aromatic heterocycles. The molecular formula is C18H13NO3S2. The number of thiocarbonyl (C=S) groups is 1. The number of amides is 1. The maximum atomic E-state index is 12.6. The number of rotatable bonds is 3. The minimum absolute atomic E-state index is 0.145. The first kappa shape index (κ1) is 16.4. The monoisotopic (exact) mass is 355 g/mol. The number of methoxy groups -OCH3 is 1. The molecule has 0 N–H and O–H groups in total. The zero-order valence-electron chi connectivity index (χ0n) is 12.8. The topological polar surface area (TPSA) is 46.6 Å². The molecule has 3 rings (SSSR count). The zero-order valence-corrected chi connectivity index (χ0v) is 14.4. The lowest BCUT2D eigenvalue weighted by Gasteiger charge is -2.13. The molecular weight excluding hydrogens is 342 g/mol. The third kappa shape index (κ3) is 3.25. The number of anilines is 1. The number of carbonyl (C=O) groups is 2. The van der Waals surface area contributed by atoms with Crippen LogP contribution in [0.1, 0.15) is 15.9 Å². The van der Waals surface area contributed by atoms with Gasteiger partial charge in [0.15, 0.2) is 4.32 Å². The van der Waals surface area contributed by atoms with Crippen LogP contribution in [-0.2, 0) is 9.53 Å². The summed E-state index contributed by atoms with van der Waals surface area (Å²) in [4.78, 5) is 26.1. The van der Waals surface area contributed by atoms with Crippen molar-refractivity contribution in [3.63, 3.8) is 0 Å². The number of carbonyl (C=O) groups excluding carboxylic acids is 2. The molecule has 0 radical (unpaired) electrons. The number of thioether (sulfide) groups is 1. The van der Waals surface area contributed by atoms with Gasteiger partial charge in [-0.25, -0.2) is 4.79 Å². The molecule has 0 spiro atoms. The van der Waals surface area contributed by atoms with Gasteiger partial charge in [0.1, 0.15) is 0 Å². The third-order valence-electron chi connectivity index (χ3n) is 3.44. The summed E-state index contributed by atoms with van der Waals surface area (Å²) in [5.41, 5.74) is 2.03. The Morgan fingerprint density at radius 2 is 1.79 bits per heavy atom. The Balaban J connectivity index is 1.85. The molecule has 0 unspecified atom stereocenters. The molecule has 1 fully saturated rings. The minimum atomic E-state index is -0.392. The van der Waals surface area contributed by atoms with E-state index in [0.717, 1.165) is 11.3 Å². The van der Waals surface area contributed by atoms with Crippen LogP contribution in [-0.4, -0.2) is 23.3 Å². The molecule has 2 aromatic carbocycles. The molecule has 24 heavy (non-hydrogen) atoms. The maximum absolute atomic E-state index is 12.6. The molecule has 120 valence electrons. The van der Waals surface area contributed by atoms with E-state index < -0.39 is 5.97 Å². The van der Waals surface area contributed by atoms with Gasteiger partial charge in [-0.2, -0.15) is 0 Å². The first-order valence-corrected chi connectivity index (χ1v) is 8.34. The van der Waals surface area contributed by atoms with Gasteiger partial charge >= 0.3 is 5.97 Å². The van der Waals surface area contributed by atoms with Crippen LogP contribution in [0.2, 0.25) is 0 Å². The highest BCUT2D eigenvalue weighted by molar-refractivity contribution is 8.27. The van der Waals surface area contributed by atoms with Crippen LogP contribution in [0.4, 0.5) is 5.69 Å². The number of esters is 1. The Morgan fingerprint density at radius 3 is 2.42 bits per heavy atom. The second-order valence-corrected chi connectivity index (χ2v) is 6.64. The van der Waals surface area contributed by atoms with Crippen LogP contribution in [0.15, 0.2) is 59.5 Å². The maximum Gasteiger partial charge on any atom is 0.337 e. The SMILES string of the molecule is COC(=O)c1ccc(/C=C2\SC(=S)N(c3ccccc3)C2=O)cc1. The molecule has 1 saturated heterocycles. The van der Waals surface area contributed by atoms with E-state index in [1.54, 1.807) is 30.3 Å². The first-order valence-electron chi connectivity index (χ1n) is 7.11. The third-order valence-corrected chi connectivity index (χ3v) is 4.74. The summed E-state index contributed by atoms with van der Waals surface area (Å²) in [5, 5.41) is 0. The fraction of sp³-hybridized carbons (Fsp3) is 0.0556. The number of benzene rings is 2. The Hall–Kier alpha value is -2.44. The zero-order chi connectivity index (χ0) is 17.1. The number of hydrogen-bond acceptors (Lipinski definition) is 5. The van der Waals surface area contributed by atoms with E-state index in [2.05, 4.69) is 4.74 Å². The molecule has 0 aliphatic carbocycles. The molecule has 0 bridgehead atoms. The van der Waals surface area contributed by atoms with E-state index in [1.807, 2.05) is 30.3 Å². The molecule has 2 aromatic rings. The summed E-state index contributed by atoms with van der Waals surface area (Å²) in [5.74, 6) is -0.537. The van der Waals surface area contributed by atoms with Gasteiger partial charge < -0.3 is 4.74 Å². The molecule has 1 amide bonds. The van der Waals surface area contributed by atoms with Crippen molar-refractivity contribution in [1.82, 2.24) is 0 Å². The van der Waals surface area contributed by atoms with E-state index in [-0.39, 0.29) is 5.91 Å². The molecule has 1 heterocycles. The Morgan fingerprint density at radius 1 is 1.12 bits per heavy atom. The average Bonchev–Trinajstić information content (AvgIpc) is 2.89. The van der Waals surface area contributed by atoms with Gasteiger partial charge in [-0.1, -0.05) is 54.3 Å². The van der Waals surface area contributed by atoms with Crippen LogP contribution < -0.4 is 4.90 Å². The van der Waals surface area contributed by atoms with E-state index in [4.69, 9.17) is 12.2 Å². The Kier molecular flexibility index (Phi) is 4.78. The van der Waals surface area contributed by atoms with E-state index in [0.29, 0.717) is 14.8 Å². The quantitative estimate of drug-likeness (QED) is 0.475. The smallest absolute Gasteiger partial charge is 0.337 e. The van der Waals surface area contributed by atoms with E-state index in [9.17, 15) is 9.59 Å². The predicted octanol–water partition coefficient (Wildman–Crippen LogP) is 3.88. The first-order chi connectivity index (χ1) is 11.6. The fourth-order valence-corrected chi connectivity index (χ4v) is 3.55. The van der Waals surface area contributed by atoms with Crippen LogP contribution in [0.25, 0.3) is 6.08 Å². The van der Waals surface area contributed by atoms with E-state index >= 15 is 0 Å². The van der Waals surface area contributed by atoms with Crippen LogP contribution in [0, 0.1) is 0 Å². The van der Waals surface area contributed by atoms with Crippen molar-refractivity contribution < 1.29 is 14.3 Å². The summed E-state index contributed by atoms with van der Waals surface area (Å²) in [6, 6.07) is 16.2. The van der Waals surface area contributed by atoms with Gasteiger partial charge in [-0.3, -0.25) is 9.69 Å². The molecule has 0 saturated carbocycles. The van der Waals surface area contributed by atoms with Crippen molar-refractivity contribution in [3.8, 4) is 0 Å². The molecule has 0 atom stereocenters. The van der Waals surface area contributed by atoms with Crippen molar-refractivity contribution in [2.24, 2.45) is 0 Å². The van der Waals surface area contributed by atoms with Crippen molar-refractivity contribution in [1.29, 1.82) is 0 Å². The lowest BCUT2D eigenvalue weighted by molar-refractivity contribution is -0.113. The summed E-state index contributed by atoms with van der Waals surface area (Å²) < 4.78 is 5.17. The Bertz CT molecular complexity index is 829. The van der Waals surface area contributed by atoms with Crippen molar-refractivity contribution in [2.45, 2.75) is 0 Å². The van der Waals surface area contributed by atoms with Gasteiger partial charge in [-0.15, -0.1) is 0 Å². The number of nitrogens with zero attached hydrogens (tertiary/aromatic N) is 1. The lowest BCUT2D eigenvalue weighted by atomic mass is 10.1. The lowest BCUT2D eigenvalue weighted by Crippen LogP contribution is -2.27. The number of ether oxygens (including phenoxy) is 1. The average molecular weight is 355 g/mol. The second kappa shape index (κ2) is 6.98. The summed E-state index contributed by atoms with van der Waals surface area (Å²) in [6.07, 6.45) is 1.77. The van der Waals surface area contributed by atoms with Crippen molar-refractivity contribution in [2.75, 3.05) is 12.0 Å². The Labute approximate surface area is 149 Å². The highest BCUT2D eigenvalue weighted by Gasteiger charge is 2.33. The number of para-hydroxylation sites is 1. The number of hydrogen-bond donors (Lipinski definition) is 0. The largest absolute Gasteiger partial charge is 0.465 e. The molecule has 6 heteroatoms. The van der Waals surface area contributed by atoms with Gasteiger partial charge in [0.2, 0.25) is 0 Å². The van der Waals surface area contributed by atoms with Gasteiger partial charge in [-0.05, 0) is 35.9 Å². The fourth-order valence-electron chi connectivity index (χ4n) is 2.25. The van der Waals surface area contributed by atoms with Crippen molar-refractivity contribution in [3.05, 3.63) is 70.6 Å². The summed E-state index contributed by atoms with van der Waals surface area (Å²) in [7, 11) is 1.34. The highest BCUT2D eigenvalue weighted by atomic mass is 32.2. The van der Waals surface area contributed by atoms with E-state index in [1.165, 1.54) is 23.8 Å². The molecule has 4 nitrogen and oxygen atoms in total. The van der Waals surface area contributed by atoms with Crippen LogP contribution in [0.5, 0.6) is 0 Å². The van der Waals surface area contributed by atoms with Gasteiger partial charge in [0.25, 0.3) is 5.91 Å². The predicted molar refractivity (Wildman–Crippen MR) is 99.9 cm³/mol.